The molecular formula is C14H18FN3O4S. The van der Waals surface area contributed by atoms with Gasteiger partial charge < -0.3 is 16.0 Å². The minimum Gasteiger partial charge on any atom is -0.334 e. The number of carbonyl (C=O) groups excluding carboxylic acids is 2. The number of hydrogen-bond donors (Lipinski definition) is 3. The van der Waals surface area contributed by atoms with E-state index in [1.165, 1.54) is 25.1 Å². The lowest BCUT2D eigenvalue weighted by Crippen LogP contribution is -2.49. The zero-order valence-corrected chi connectivity index (χ0v) is 13.3. The number of hydrogen-bond acceptors (Lipinski definition) is 4. The van der Waals surface area contributed by atoms with Crippen molar-refractivity contribution in [1.82, 2.24) is 10.6 Å². The smallest absolute Gasteiger partial charge is 0.315 e. The summed E-state index contributed by atoms with van der Waals surface area (Å²) in [5.41, 5.74) is 0.0217. The Morgan fingerprint density at radius 1 is 1.30 bits per heavy atom. The largest absolute Gasteiger partial charge is 0.334 e. The number of amides is 3. The molecule has 2 atom stereocenters. The van der Waals surface area contributed by atoms with Gasteiger partial charge in [0.05, 0.1) is 17.2 Å². The fourth-order valence-electron chi connectivity index (χ4n) is 2.20. The predicted molar refractivity (Wildman–Crippen MR) is 83.2 cm³/mol. The molecule has 1 saturated heterocycles. The normalized spacial score (nSPS) is 20.5. The second-order valence-corrected chi connectivity index (χ2v) is 7.64. The highest BCUT2D eigenvalue weighted by Crippen LogP contribution is 2.13. The van der Waals surface area contributed by atoms with Gasteiger partial charge in [-0.3, -0.25) is 4.79 Å². The molecule has 1 aromatic carbocycles. The number of benzene rings is 1. The van der Waals surface area contributed by atoms with Gasteiger partial charge in [-0.05, 0) is 25.5 Å². The predicted octanol–water partition coefficient (Wildman–Crippen LogP) is 0.639. The van der Waals surface area contributed by atoms with E-state index >= 15 is 0 Å². The van der Waals surface area contributed by atoms with Gasteiger partial charge >= 0.3 is 6.03 Å². The van der Waals surface area contributed by atoms with Crippen LogP contribution in [0.15, 0.2) is 24.3 Å². The van der Waals surface area contributed by atoms with Crippen molar-refractivity contribution in [1.29, 1.82) is 0 Å². The molecular weight excluding hydrogens is 325 g/mol. The lowest BCUT2D eigenvalue weighted by molar-refractivity contribution is -0.117. The molecule has 1 heterocycles. The van der Waals surface area contributed by atoms with E-state index in [1.54, 1.807) is 6.07 Å². The Morgan fingerprint density at radius 3 is 2.61 bits per heavy atom. The standard InChI is InChI=1S/C14H18FN3O4S/c1-9(13(19)18-12-5-3-2-4-11(12)15)16-14(20)17-10-6-7-23(21,22)8-10/h2-5,9-10H,6-8H2,1H3,(H,18,19)(H2,16,17,20). The molecule has 3 amide bonds. The molecule has 0 aliphatic carbocycles. The second-order valence-electron chi connectivity index (χ2n) is 5.41. The number of para-hydroxylation sites is 1. The average molecular weight is 343 g/mol. The monoisotopic (exact) mass is 343 g/mol. The third-order valence-corrected chi connectivity index (χ3v) is 5.21. The number of sulfone groups is 1. The van der Waals surface area contributed by atoms with Crippen molar-refractivity contribution in [2.75, 3.05) is 16.8 Å². The highest BCUT2D eigenvalue weighted by atomic mass is 32.2. The summed E-state index contributed by atoms with van der Waals surface area (Å²) in [5.74, 6) is -1.21. The molecule has 0 aromatic heterocycles. The maximum absolute atomic E-state index is 13.4. The Labute approximate surface area is 133 Å². The number of carbonyl (C=O) groups is 2. The number of nitrogens with one attached hydrogen (secondary N) is 3. The molecule has 0 spiro atoms. The molecule has 126 valence electrons. The summed E-state index contributed by atoms with van der Waals surface area (Å²) in [6, 6.07) is 3.68. The Balaban J connectivity index is 1.84. The zero-order chi connectivity index (χ0) is 17.0. The van der Waals surface area contributed by atoms with E-state index in [9.17, 15) is 22.4 Å². The van der Waals surface area contributed by atoms with Crippen molar-refractivity contribution < 1.29 is 22.4 Å². The first-order chi connectivity index (χ1) is 10.8. The molecule has 1 aliphatic heterocycles. The number of rotatable bonds is 4. The van der Waals surface area contributed by atoms with Gasteiger partial charge in [0, 0.05) is 6.04 Å². The first-order valence-electron chi connectivity index (χ1n) is 7.10. The molecule has 1 aliphatic rings. The number of anilines is 1. The first kappa shape index (κ1) is 17.2. The van der Waals surface area contributed by atoms with Crippen LogP contribution < -0.4 is 16.0 Å². The first-order valence-corrected chi connectivity index (χ1v) is 8.92. The van der Waals surface area contributed by atoms with Crippen LogP contribution in [0.4, 0.5) is 14.9 Å². The topological polar surface area (TPSA) is 104 Å². The van der Waals surface area contributed by atoms with Gasteiger partial charge in [-0.2, -0.15) is 0 Å². The molecule has 2 unspecified atom stereocenters. The molecule has 0 bridgehead atoms. The summed E-state index contributed by atoms with van der Waals surface area (Å²) in [5, 5.41) is 7.28. The fourth-order valence-corrected chi connectivity index (χ4v) is 3.88. The lowest BCUT2D eigenvalue weighted by atomic mass is 10.2. The summed E-state index contributed by atoms with van der Waals surface area (Å²) < 4.78 is 36.1. The lowest BCUT2D eigenvalue weighted by Gasteiger charge is -2.17. The van der Waals surface area contributed by atoms with Crippen LogP contribution in [0, 0.1) is 5.82 Å². The third-order valence-electron chi connectivity index (χ3n) is 3.44. The van der Waals surface area contributed by atoms with Gasteiger partial charge in [-0.1, -0.05) is 12.1 Å². The van der Waals surface area contributed by atoms with Gasteiger partial charge in [-0.15, -0.1) is 0 Å². The van der Waals surface area contributed by atoms with E-state index in [0.717, 1.165) is 0 Å². The Morgan fingerprint density at radius 2 is 2.00 bits per heavy atom. The summed E-state index contributed by atoms with van der Waals surface area (Å²) >= 11 is 0. The summed E-state index contributed by atoms with van der Waals surface area (Å²) in [6.07, 6.45) is 0.353. The Bertz CT molecular complexity index is 708. The minimum absolute atomic E-state index is 0.0217. The fraction of sp³-hybridized carbons (Fsp3) is 0.429. The Kier molecular flexibility index (Phi) is 5.19. The van der Waals surface area contributed by atoms with E-state index in [0.29, 0.717) is 6.42 Å². The van der Waals surface area contributed by atoms with Crippen molar-refractivity contribution in [3.05, 3.63) is 30.1 Å². The summed E-state index contributed by atoms with van der Waals surface area (Å²) in [6.45, 7) is 1.45. The highest BCUT2D eigenvalue weighted by Gasteiger charge is 2.29. The Hall–Kier alpha value is -2.16. The van der Waals surface area contributed by atoms with Crippen molar-refractivity contribution in [2.24, 2.45) is 0 Å². The van der Waals surface area contributed by atoms with E-state index in [4.69, 9.17) is 0 Å². The van der Waals surface area contributed by atoms with Crippen molar-refractivity contribution in [2.45, 2.75) is 25.4 Å². The molecule has 23 heavy (non-hydrogen) atoms. The molecule has 1 aromatic rings. The van der Waals surface area contributed by atoms with Crippen LogP contribution in [0.25, 0.3) is 0 Å². The second kappa shape index (κ2) is 6.95. The van der Waals surface area contributed by atoms with Crippen LogP contribution in [0.3, 0.4) is 0 Å². The van der Waals surface area contributed by atoms with Crippen LogP contribution in [-0.4, -0.2) is 43.9 Å². The molecule has 9 heteroatoms. The molecule has 7 nitrogen and oxygen atoms in total. The van der Waals surface area contributed by atoms with Crippen LogP contribution >= 0.6 is 0 Å². The van der Waals surface area contributed by atoms with Gasteiger partial charge in [0.15, 0.2) is 9.84 Å². The molecule has 3 N–H and O–H groups in total. The van der Waals surface area contributed by atoms with Crippen LogP contribution in [0.1, 0.15) is 13.3 Å². The van der Waals surface area contributed by atoms with Gasteiger partial charge in [0.2, 0.25) is 5.91 Å². The minimum atomic E-state index is -3.09. The van der Waals surface area contributed by atoms with Gasteiger partial charge in [-0.25, -0.2) is 17.6 Å². The van der Waals surface area contributed by atoms with Crippen molar-refractivity contribution >= 4 is 27.5 Å². The molecule has 2 rings (SSSR count). The molecule has 0 radical (unpaired) electrons. The summed E-state index contributed by atoms with van der Waals surface area (Å²) in [7, 11) is -3.09. The van der Waals surface area contributed by atoms with Gasteiger partial charge in [0.25, 0.3) is 0 Å². The van der Waals surface area contributed by atoms with Crippen LogP contribution in [0.2, 0.25) is 0 Å². The van der Waals surface area contributed by atoms with Crippen molar-refractivity contribution in [3.63, 3.8) is 0 Å². The van der Waals surface area contributed by atoms with Gasteiger partial charge in [0.1, 0.15) is 11.9 Å². The van der Waals surface area contributed by atoms with E-state index < -0.39 is 39.7 Å². The molecule has 0 saturated carbocycles. The quantitative estimate of drug-likeness (QED) is 0.746. The maximum atomic E-state index is 13.4. The SMILES string of the molecule is CC(NC(=O)NC1CCS(=O)(=O)C1)C(=O)Nc1ccccc1F. The van der Waals surface area contributed by atoms with Crippen LogP contribution in [0.5, 0.6) is 0 Å². The number of urea groups is 1. The van der Waals surface area contributed by atoms with Crippen LogP contribution in [-0.2, 0) is 14.6 Å². The highest BCUT2D eigenvalue weighted by molar-refractivity contribution is 7.91. The molecule has 1 fully saturated rings. The maximum Gasteiger partial charge on any atom is 0.315 e. The van der Waals surface area contributed by atoms with Crippen molar-refractivity contribution in [3.8, 4) is 0 Å². The third kappa shape index (κ3) is 4.92. The van der Waals surface area contributed by atoms with E-state index in [1.807, 2.05) is 0 Å². The van der Waals surface area contributed by atoms with E-state index in [-0.39, 0.29) is 17.2 Å². The summed E-state index contributed by atoms with van der Waals surface area (Å²) in [4.78, 5) is 23.7. The zero-order valence-electron chi connectivity index (χ0n) is 12.5. The van der Waals surface area contributed by atoms with E-state index in [2.05, 4.69) is 16.0 Å². The average Bonchev–Trinajstić information content (AvgIpc) is 2.80. The number of halogens is 1.